The molecule has 1 aliphatic rings. The SMILES string of the molecule is CC(Cl)c1nc2cnccc2n1C1CCN(C)C(C)C1. The van der Waals surface area contributed by atoms with Gasteiger partial charge in [0.2, 0.25) is 0 Å². The first kappa shape index (κ1) is 13.8. The summed E-state index contributed by atoms with van der Waals surface area (Å²) in [6.45, 7) is 5.40. The maximum Gasteiger partial charge on any atom is 0.128 e. The lowest BCUT2D eigenvalue weighted by atomic mass is 9.98. The molecule has 0 spiro atoms. The van der Waals surface area contributed by atoms with Crippen LogP contribution in [0.4, 0.5) is 0 Å². The van der Waals surface area contributed by atoms with Gasteiger partial charge in [0.05, 0.1) is 17.1 Å². The van der Waals surface area contributed by atoms with E-state index in [2.05, 4.69) is 33.4 Å². The van der Waals surface area contributed by atoms with E-state index in [-0.39, 0.29) is 5.38 Å². The third-order valence-electron chi connectivity index (χ3n) is 4.42. The number of fused-ring (bicyclic) bond motifs is 1. The highest BCUT2D eigenvalue weighted by Crippen LogP contribution is 2.33. The van der Waals surface area contributed by atoms with E-state index < -0.39 is 0 Å². The Kier molecular flexibility index (Phi) is 3.69. The smallest absolute Gasteiger partial charge is 0.128 e. The Morgan fingerprint density at radius 3 is 2.95 bits per heavy atom. The summed E-state index contributed by atoms with van der Waals surface area (Å²) in [5.41, 5.74) is 2.10. The molecule has 4 nitrogen and oxygen atoms in total. The van der Waals surface area contributed by atoms with E-state index in [4.69, 9.17) is 11.6 Å². The molecule has 1 saturated heterocycles. The number of hydrogen-bond acceptors (Lipinski definition) is 3. The Bertz CT molecular complexity index is 607. The zero-order chi connectivity index (χ0) is 14.3. The second kappa shape index (κ2) is 5.34. The van der Waals surface area contributed by atoms with Gasteiger partial charge < -0.3 is 9.47 Å². The van der Waals surface area contributed by atoms with Gasteiger partial charge in [0.15, 0.2) is 0 Å². The van der Waals surface area contributed by atoms with Crippen LogP contribution >= 0.6 is 11.6 Å². The van der Waals surface area contributed by atoms with E-state index in [1.807, 2.05) is 25.4 Å². The first-order valence-electron chi connectivity index (χ1n) is 7.24. The van der Waals surface area contributed by atoms with E-state index in [1.54, 1.807) is 0 Å². The van der Waals surface area contributed by atoms with Gasteiger partial charge in [0.1, 0.15) is 11.3 Å². The molecule has 0 N–H and O–H groups in total. The largest absolute Gasteiger partial charge is 0.323 e. The van der Waals surface area contributed by atoms with E-state index in [0.717, 1.165) is 36.2 Å². The molecule has 5 heteroatoms. The van der Waals surface area contributed by atoms with Crippen molar-refractivity contribution in [2.75, 3.05) is 13.6 Å². The Balaban J connectivity index is 2.07. The number of pyridine rings is 1. The molecule has 0 radical (unpaired) electrons. The van der Waals surface area contributed by atoms with Crippen LogP contribution in [0, 0.1) is 0 Å². The summed E-state index contributed by atoms with van der Waals surface area (Å²) in [6, 6.07) is 3.12. The molecule has 3 atom stereocenters. The number of likely N-dealkylation sites (tertiary alicyclic amines) is 1. The normalized spacial score (nSPS) is 26.0. The minimum absolute atomic E-state index is 0.0858. The second-order valence-electron chi connectivity index (χ2n) is 5.83. The van der Waals surface area contributed by atoms with Gasteiger partial charge in [-0.15, -0.1) is 11.6 Å². The van der Waals surface area contributed by atoms with Crippen LogP contribution in [0.25, 0.3) is 11.0 Å². The average molecular weight is 293 g/mol. The lowest BCUT2D eigenvalue weighted by molar-refractivity contribution is 0.157. The third kappa shape index (κ3) is 2.31. The van der Waals surface area contributed by atoms with Crippen LogP contribution in [-0.4, -0.2) is 39.1 Å². The molecule has 3 unspecified atom stereocenters. The predicted molar refractivity (Wildman–Crippen MR) is 82.2 cm³/mol. The Morgan fingerprint density at radius 2 is 2.25 bits per heavy atom. The van der Waals surface area contributed by atoms with Gasteiger partial charge in [-0.05, 0) is 39.8 Å². The van der Waals surface area contributed by atoms with E-state index >= 15 is 0 Å². The lowest BCUT2D eigenvalue weighted by Crippen LogP contribution is -2.38. The summed E-state index contributed by atoms with van der Waals surface area (Å²) in [5.74, 6) is 0.969. The zero-order valence-electron chi connectivity index (χ0n) is 12.3. The molecule has 1 fully saturated rings. The van der Waals surface area contributed by atoms with Crippen molar-refractivity contribution in [2.24, 2.45) is 0 Å². The standard InChI is InChI=1S/C15H21ClN4/c1-10-8-12(5-7-19(10)3)20-14-4-6-17-9-13(14)18-15(20)11(2)16/h4,6,9-12H,5,7-8H2,1-3H3. The predicted octanol–water partition coefficient (Wildman–Crippen LogP) is 3.39. The van der Waals surface area contributed by atoms with Crippen molar-refractivity contribution < 1.29 is 0 Å². The molecule has 20 heavy (non-hydrogen) atoms. The van der Waals surface area contributed by atoms with Gasteiger partial charge in [-0.2, -0.15) is 0 Å². The molecule has 108 valence electrons. The van der Waals surface area contributed by atoms with Gasteiger partial charge >= 0.3 is 0 Å². The molecule has 0 aromatic carbocycles. The highest BCUT2D eigenvalue weighted by molar-refractivity contribution is 6.20. The molecular weight excluding hydrogens is 272 g/mol. The second-order valence-corrected chi connectivity index (χ2v) is 6.48. The first-order valence-corrected chi connectivity index (χ1v) is 7.67. The quantitative estimate of drug-likeness (QED) is 0.796. The van der Waals surface area contributed by atoms with Crippen LogP contribution in [0.1, 0.15) is 43.9 Å². The van der Waals surface area contributed by atoms with Crippen molar-refractivity contribution in [1.29, 1.82) is 0 Å². The number of hydrogen-bond donors (Lipinski definition) is 0. The van der Waals surface area contributed by atoms with Gasteiger partial charge in [0.25, 0.3) is 0 Å². The van der Waals surface area contributed by atoms with Crippen molar-refractivity contribution in [3.63, 3.8) is 0 Å². The summed E-state index contributed by atoms with van der Waals surface area (Å²) in [7, 11) is 2.20. The summed E-state index contributed by atoms with van der Waals surface area (Å²) in [4.78, 5) is 11.3. The maximum atomic E-state index is 6.35. The maximum absolute atomic E-state index is 6.35. The number of piperidine rings is 1. The fourth-order valence-corrected chi connectivity index (χ4v) is 3.29. The molecule has 0 saturated carbocycles. The Morgan fingerprint density at radius 1 is 1.45 bits per heavy atom. The summed E-state index contributed by atoms with van der Waals surface area (Å²) >= 11 is 6.35. The summed E-state index contributed by atoms with van der Waals surface area (Å²) in [6.07, 6.45) is 5.95. The molecular formula is C15H21ClN4. The number of halogens is 1. The Hall–Kier alpha value is -1.13. The van der Waals surface area contributed by atoms with Crippen molar-refractivity contribution in [2.45, 2.75) is 44.1 Å². The molecule has 1 aliphatic heterocycles. The van der Waals surface area contributed by atoms with Crippen molar-refractivity contribution in [1.82, 2.24) is 19.4 Å². The van der Waals surface area contributed by atoms with E-state index in [0.29, 0.717) is 12.1 Å². The third-order valence-corrected chi connectivity index (χ3v) is 4.62. The van der Waals surface area contributed by atoms with Gasteiger partial charge in [-0.1, -0.05) is 0 Å². The minimum atomic E-state index is -0.0858. The van der Waals surface area contributed by atoms with Crippen LogP contribution in [-0.2, 0) is 0 Å². The molecule has 3 heterocycles. The highest BCUT2D eigenvalue weighted by atomic mass is 35.5. The summed E-state index contributed by atoms with van der Waals surface area (Å²) in [5, 5.41) is -0.0858. The van der Waals surface area contributed by atoms with Crippen LogP contribution < -0.4 is 0 Å². The fourth-order valence-electron chi connectivity index (χ4n) is 3.13. The molecule has 0 amide bonds. The number of rotatable bonds is 2. The van der Waals surface area contributed by atoms with Gasteiger partial charge in [0, 0.05) is 24.8 Å². The molecule has 0 bridgehead atoms. The fraction of sp³-hybridized carbons (Fsp3) is 0.600. The molecule has 3 rings (SSSR count). The van der Waals surface area contributed by atoms with Crippen LogP contribution in [0.3, 0.4) is 0 Å². The topological polar surface area (TPSA) is 34.0 Å². The highest BCUT2D eigenvalue weighted by Gasteiger charge is 2.28. The number of aromatic nitrogens is 3. The molecule has 2 aromatic heterocycles. The van der Waals surface area contributed by atoms with Gasteiger partial charge in [-0.25, -0.2) is 4.98 Å². The van der Waals surface area contributed by atoms with Crippen molar-refractivity contribution >= 4 is 22.6 Å². The van der Waals surface area contributed by atoms with Gasteiger partial charge in [-0.3, -0.25) is 4.98 Å². The minimum Gasteiger partial charge on any atom is -0.323 e. The monoisotopic (exact) mass is 292 g/mol. The molecule has 2 aromatic rings. The lowest BCUT2D eigenvalue weighted by Gasteiger charge is -2.36. The average Bonchev–Trinajstić information content (AvgIpc) is 2.81. The zero-order valence-corrected chi connectivity index (χ0v) is 13.0. The van der Waals surface area contributed by atoms with Crippen LogP contribution in [0.2, 0.25) is 0 Å². The van der Waals surface area contributed by atoms with Crippen LogP contribution in [0.15, 0.2) is 18.5 Å². The number of imidazole rings is 1. The van der Waals surface area contributed by atoms with E-state index in [9.17, 15) is 0 Å². The van der Waals surface area contributed by atoms with Crippen LogP contribution in [0.5, 0.6) is 0 Å². The van der Waals surface area contributed by atoms with Crippen molar-refractivity contribution in [3.8, 4) is 0 Å². The van der Waals surface area contributed by atoms with E-state index in [1.165, 1.54) is 0 Å². The summed E-state index contributed by atoms with van der Waals surface area (Å²) < 4.78 is 2.35. The Labute approximate surface area is 124 Å². The number of alkyl halides is 1. The first-order chi connectivity index (χ1) is 9.58. The van der Waals surface area contributed by atoms with Crippen molar-refractivity contribution in [3.05, 3.63) is 24.3 Å². The number of nitrogens with zero attached hydrogens (tertiary/aromatic N) is 4. The molecule has 0 aliphatic carbocycles.